The van der Waals surface area contributed by atoms with Crippen molar-refractivity contribution in [1.29, 1.82) is 0 Å². The summed E-state index contributed by atoms with van der Waals surface area (Å²) in [6.07, 6.45) is 10.3. The third-order valence-corrected chi connectivity index (χ3v) is 8.07. The third kappa shape index (κ3) is 3.87. The van der Waals surface area contributed by atoms with Crippen molar-refractivity contribution in [3.63, 3.8) is 0 Å². The van der Waals surface area contributed by atoms with Gasteiger partial charge in [0.25, 0.3) is 5.56 Å². The highest BCUT2D eigenvalue weighted by Crippen LogP contribution is 2.33. The first kappa shape index (κ1) is 19.2. The molecule has 0 bridgehead atoms. The number of hydrogen-bond acceptors (Lipinski definition) is 5. The van der Waals surface area contributed by atoms with Crippen LogP contribution in [0, 0.1) is 5.92 Å². The lowest BCUT2D eigenvalue weighted by molar-refractivity contribution is -0.138. The predicted octanol–water partition coefficient (Wildman–Crippen LogP) is 3.09. The van der Waals surface area contributed by atoms with Crippen molar-refractivity contribution >= 4 is 27.5 Å². The maximum absolute atomic E-state index is 12.8. The summed E-state index contributed by atoms with van der Waals surface area (Å²) in [4.78, 5) is 40.0. The van der Waals surface area contributed by atoms with Gasteiger partial charge in [0.15, 0.2) is 0 Å². The summed E-state index contributed by atoms with van der Waals surface area (Å²) in [6.45, 7) is 3.92. The number of thiophene rings is 1. The summed E-state index contributed by atoms with van der Waals surface area (Å²) in [6, 6.07) is 0. The van der Waals surface area contributed by atoms with Crippen molar-refractivity contribution in [3.8, 4) is 0 Å². The molecule has 1 N–H and O–H groups in total. The van der Waals surface area contributed by atoms with Gasteiger partial charge in [-0.3, -0.25) is 14.5 Å². The fourth-order valence-electron chi connectivity index (χ4n) is 5.23. The Kier molecular flexibility index (Phi) is 5.43. The fraction of sp³-hybridized carbons (Fsp3) is 0.682. The van der Waals surface area contributed by atoms with Crippen LogP contribution in [0.25, 0.3) is 10.2 Å². The van der Waals surface area contributed by atoms with Crippen LogP contribution >= 0.6 is 11.3 Å². The van der Waals surface area contributed by atoms with Gasteiger partial charge in [-0.1, -0.05) is 19.3 Å². The minimum absolute atomic E-state index is 0.0236. The van der Waals surface area contributed by atoms with Crippen molar-refractivity contribution < 1.29 is 4.79 Å². The molecule has 2 aromatic heterocycles. The number of carbonyl (C=O) groups excluding carboxylic acids is 1. The summed E-state index contributed by atoms with van der Waals surface area (Å²) in [7, 11) is 0. The van der Waals surface area contributed by atoms with Crippen molar-refractivity contribution in [3.05, 3.63) is 26.6 Å². The maximum Gasteiger partial charge on any atom is 0.259 e. The number of nitrogens with zero attached hydrogens (tertiary/aromatic N) is 3. The van der Waals surface area contributed by atoms with Crippen molar-refractivity contribution in [2.24, 2.45) is 5.92 Å². The Morgan fingerprint density at radius 1 is 1.03 bits per heavy atom. The molecule has 3 aliphatic rings. The molecule has 0 aromatic carbocycles. The largest absolute Gasteiger partial charge is 0.340 e. The van der Waals surface area contributed by atoms with Gasteiger partial charge in [0.2, 0.25) is 5.91 Å². The first-order chi connectivity index (χ1) is 14.2. The number of carbonyl (C=O) groups is 1. The molecule has 156 valence electrons. The van der Waals surface area contributed by atoms with Crippen LogP contribution in [0.1, 0.15) is 61.2 Å². The number of fused-ring (bicyclic) bond motifs is 3. The minimum Gasteiger partial charge on any atom is -0.340 e. The predicted molar refractivity (Wildman–Crippen MR) is 115 cm³/mol. The zero-order valence-corrected chi connectivity index (χ0v) is 17.9. The number of amides is 1. The number of aromatic amines is 1. The molecule has 1 aliphatic heterocycles. The summed E-state index contributed by atoms with van der Waals surface area (Å²) in [5, 5.41) is 0.830. The quantitative estimate of drug-likeness (QED) is 0.838. The molecule has 2 aliphatic carbocycles. The van der Waals surface area contributed by atoms with Crippen LogP contribution in [0.4, 0.5) is 0 Å². The van der Waals surface area contributed by atoms with E-state index >= 15 is 0 Å². The summed E-state index contributed by atoms with van der Waals surface area (Å²) >= 11 is 1.71. The van der Waals surface area contributed by atoms with Crippen LogP contribution in [0.3, 0.4) is 0 Å². The van der Waals surface area contributed by atoms with Gasteiger partial charge in [-0.2, -0.15) is 0 Å². The number of nitrogens with one attached hydrogen (secondary N) is 1. The van der Waals surface area contributed by atoms with E-state index in [2.05, 4.69) is 14.8 Å². The van der Waals surface area contributed by atoms with Gasteiger partial charge < -0.3 is 9.88 Å². The molecular weight excluding hydrogens is 384 g/mol. The maximum atomic E-state index is 12.8. The number of aromatic nitrogens is 2. The monoisotopic (exact) mass is 414 g/mol. The third-order valence-electron chi connectivity index (χ3n) is 6.89. The summed E-state index contributed by atoms with van der Waals surface area (Å²) in [5.41, 5.74) is 1.27. The lowest BCUT2D eigenvalue weighted by Gasteiger charge is -2.36. The van der Waals surface area contributed by atoms with E-state index in [-0.39, 0.29) is 11.5 Å². The SMILES string of the molecule is O=C(C1CCCCC1)N1CCN(Cc2nc3sc4c(c3c(=O)[nH]2)CCCC4)CC1. The molecule has 29 heavy (non-hydrogen) atoms. The highest BCUT2D eigenvalue weighted by atomic mass is 32.1. The van der Waals surface area contributed by atoms with Crippen molar-refractivity contribution in [2.75, 3.05) is 26.2 Å². The molecule has 0 radical (unpaired) electrons. The fourth-order valence-corrected chi connectivity index (χ4v) is 6.51. The Hall–Kier alpha value is -1.73. The van der Waals surface area contributed by atoms with Crippen molar-refractivity contribution in [2.45, 2.75) is 64.3 Å². The highest BCUT2D eigenvalue weighted by Gasteiger charge is 2.28. The molecule has 1 saturated heterocycles. The Labute approximate surface area is 175 Å². The van der Waals surface area contributed by atoms with E-state index in [1.165, 1.54) is 42.5 Å². The van der Waals surface area contributed by atoms with Gasteiger partial charge in [0, 0.05) is 37.0 Å². The number of hydrogen-bond donors (Lipinski definition) is 1. The molecule has 6 nitrogen and oxygen atoms in total. The molecule has 1 saturated carbocycles. The lowest BCUT2D eigenvalue weighted by atomic mass is 9.88. The summed E-state index contributed by atoms with van der Waals surface area (Å²) in [5.74, 6) is 1.37. The Morgan fingerprint density at radius 2 is 1.79 bits per heavy atom. The highest BCUT2D eigenvalue weighted by molar-refractivity contribution is 7.18. The van der Waals surface area contributed by atoms with E-state index in [9.17, 15) is 9.59 Å². The normalized spacial score (nSPS) is 21.4. The molecule has 0 unspecified atom stereocenters. The number of rotatable bonds is 3. The van der Waals surface area contributed by atoms with Gasteiger partial charge in [0.1, 0.15) is 10.7 Å². The van der Waals surface area contributed by atoms with E-state index in [0.29, 0.717) is 12.5 Å². The van der Waals surface area contributed by atoms with Gasteiger partial charge in [-0.15, -0.1) is 11.3 Å². The number of aryl methyl sites for hydroxylation is 2. The van der Waals surface area contributed by atoms with E-state index in [0.717, 1.165) is 67.9 Å². The molecule has 1 amide bonds. The number of piperazine rings is 1. The van der Waals surface area contributed by atoms with E-state index < -0.39 is 0 Å². The smallest absolute Gasteiger partial charge is 0.259 e. The van der Waals surface area contributed by atoms with Crippen molar-refractivity contribution in [1.82, 2.24) is 19.8 Å². The molecule has 0 atom stereocenters. The molecule has 2 fully saturated rings. The molecule has 3 heterocycles. The Balaban J connectivity index is 1.24. The second-order valence-corrected chi connectivity index (χ2v) is 9.92. The average molecular weight is 415 g/mol. The van der Waals surface area contributed by atoms with Crippen LogP contribution in [0.15, 0.2) is 4.79 Å². The zero-order chi connectivity index (χ0) is 19.8. The first-order valence-electron chi connectivity index (χ1n) is 11.2. The van der Waals surface area contributed by atoms with E-state index in [1.54, 1.807) is 11.3 Å². The summed E-state index contributed by atoms with van der Waals surface area (Å²) < 4.78 is 0. The second kappa shape index (κ2) is 8.19. The van der Waals surface area contributed by atoms with E-state index in [1.807, 2.05) is 0 Å². The van der Waals surface area contributed by atoms with Gasteiger partial charge in [-0.05, 0) is 44.1 Å². The van der Waals surface area contributed by atoms with Crippen LogP contribution < -0.4 is 5.56 Å². The van der Waals surface area contributed by atoms with Crippen LogP contribution in [-0.2, 0) is 24.2 Å². The zero-order valence-electron chi connectivity index (χ0n) is 17.0. The van der Waals surface area contributed by atoms with Gasteiger partial charge in [0.05, 0.1) is 11.9 Å². The molecule has 7 heteroatoms. The van der Waals surface area contributed by atoms with Crippen LogP contribution in [0.5, 0.6) is 0 Å². The molecule has 5 rings (SSSR count). The number of H-pyrrole nitrogens is 1. The van der Waals surface area contributed by atoms with Crippen LogP contribution in [-0.4, -0.2) is 51.9 Å². The standard InChI is InChI=1S/C22H30N4O2S/c27-20-19-16-8-4-5-9-17(16)29-21(19)24-18(23-20)14-25-10-12-26(13-11-25)22(28)15-6-2-1-3-7-15/h15H,1-14H2,(H,23,24,27). The first-order valence-corrected chi connectivity index (χ1v) is 12.1. The second-order valence-electron chi connectivity index (χ2n) is 8.84. The van der Waals surface area contributed by atoms with Crippen LogP contribution in [0.2, 0.25) is 0 Å². The molecular formula is C22H30N4O2S. The Bertz CT molecular complexity index is 952. The van der Waals surface area contributed by atoms with Gasteiger partial charge in [-0.25, -0.2) is 4.98 Å². The van der Waals surface area contributed by atoms with E-state index in [4.69, 9.17) is 4.98 Å². The topological polar surface area (TPSA) is 69.3 Å². The molecule has 0 spiro atoms. The van der Waals surface area contributed by atoms with Gasteiger partial charge >= 0.3 is 0 Å². The lowest BCUT2D eigenvalue weighted by Crippen LogP contribution is -2.50. The average Bonchev–Trinajstić information content (AvgIpc) is 3.13. The molecule has 2 aromatic rings. The Morgan fingerprint density at radius 3 is 2.59 bits per heavy atom. The minimum atomic E-state index is 0.0236.